The van der Waals surface area contributed by atoms with Crippen molar-refractivity contribution < 1.29 is 9.90 Å². The van der Waals surface area contributed by atoms with Gasteiger partial charge in [0.05, 0.1) is 10.6 Å². The van der Waals surface area contributed by atoms with Crippen molar-refractivity contribution in [1.29, 1.82) is 0 Å². The average molecular weight is 311 g/mol. The molecule has 2 heterocycles. The van der Waals surface area contributed by atoms with Crippen molar-refractivity contribution in [2.75, 3.05) is 11.9 Å². The fourth-order valence-corrected chi connectivity index (χ4v) is 2.88. The van der Waals surface area contributed by atoms with Gasteiger partial charge in [0.2, 0.25) is 0 Å². The fourth-order valence-electron chi connectivity index (χ4n) is 1.87. The van der Waals surface area contributed by atoms with Crippen molar-refractivity contribution in [3.63, 3.8) is 0 Å². The van der Waals surface area contributed by atoms with Crippen LogP contribution in [-0.2, 0) is 6.42 Å². The standard InChI is InChI=1S/C14H15ClN2O2S/c1-9(6-10-4-3-5-20-10)17(2)13-7-11(14(18)19)12(15)8-16-13/h3-5,7-9H,6H2,1-2H3,(H,18,19). The van der Waals surface area contributed by atoms with Crippen molar-refractivity contribution in [3.05, 3.63) is 45.2 Å². The van der Waals surface area contributed by atoms with Crippen LogP contribution in [0, 0.1) is 0 Å². The van der Waals surface area contributed by atoms with Gasteiger partial charge in [0.25, 0.3) is 0 Å². The summed E-state index contributed by atoms with van der Waals surface area (Å²) in [5.41, 5.74) is 0.0758. The Morgan fingerprint density at radius 3 is 2.95 bits per heavy atom. The second kappa shape index (κ2) is 6.24. The molecule has 0 bridgehead atoms. The van der Waals surface area contributed by atoms with Crippen molar-refractivity contribution in [1.82, 2.24) is 4.98 Å². The Bertz CT molecular complexity index is 601. The molecule has 0 aromatic carbocycles. The molecule has 1 N–H and O–H groups in total. The normalized spacial score (nSPS) is 12.2. The van der Waals surface area contributed by atoms with E-state index >= 15 is 0 Å². The monoisotopic (exact) mass is 310 g/mol. The molecule has 2 rings (SSSR count). The lowest BCUT2D eigenvalue weighted by Crippen LogP contribution is -2.31. The van der Waals surface area contributed by atoms with E-state index in [1.54, 1.807) is 11.3 Å². The molecule has 0 amide bonds. The Hall–Kier alpha value is -1.59. The van der Waals surface area contributed by atoms with Gasteiger partial charge in [-0.15, -0.1) is 11.3 Å². The molecule has 0 aliphatic carbocycles. The number of carbonyl (C=O) groups is 1. The van der Waals surface area contributed by atoms with Crippen molar-refractivity contribution >= 4 is 34.7 Å². The third-order valence-corrected chi connectivity index (χ3v) is 4.37. The number of hydrogen-bond donors (Lipinski definition) is 1. The summed E-state index contributed by atoms with van der Waals surface area (Å²) in [7, 11) is 1.90. The molecule has 106 valence electrons. The predicted molar refractivity (Wildman–Crippen MR) is 82.1 cm³/mol. The maximum absolute atomic E-state index is 11.1. The second-order valence-electron chi connectivity index (χ2n) is 4.57. The van der Waals surface area contributed by atoms with Gasteiger partial charge < -0.3 is 10.0 Å². The number of carboxylic acids is 1. The van der Waals surface area contributed by atoms with E-state index in [1.165, 1.54) is 17.1 Å². The smallest absolute Gasteiger partial charge is 0.337 e. The number of halogens is 1. The highest BCUT2D eigenvalue weighted by atomic mass is 35.5. The number of pyridine rings is 1. The summed E-state index contributed by atoms with van der Waals surface area (Å²) in [5, 5.41) is 11.3. The van der Waals surface area contributed by atoms with Crippen LogP contribution in [0.1, 0.15) is 22.2 Å². The zero-order valence-corrected chi connectivity index (χ0v) is 12.8. The Kier molecular flexibility index (Phi) is 4.62. The highest BCUT2D eigenvalue weighted by Gasteiger charge is 2.16. The first-order chi connectivity index (χ1) is 9.49. The number of hydrogen-bond acceptors (Lipinski definition) is 4. The molecule has 0 aliphatic heterocycles. The number of aromatic carboxylic acids is 1. The highest BCUT2D eigenvalue weighted by molar-refractivity contribution is 7.09. The van der Waals surface area contributed by atoms with Crippen molar-refractivity contribution in [2.45, 2.75) is 19.4 Å². The van der Waals surface area contributed by atoms with Gasteiger partial charge in [0, 0.05) is 30.6 Å². The first-order valence-corrected chi connectivity index (χ1v) is 7.39. The van der Waals surface area contributed by atoms with Crippen LogP contribution < -0.4 is 4.90 Å². The van der Waals surface area contributed by atoms with Gasteiger partial charge in [0.1, 0.15) is 5.82 Å². The maximum Gasteiger partial charge on any atom is 0.337 e. The van der Waals surface area contributed by atoms with Crippen LogP contribution in [0.3, 0.4) is 0 Å². The molecule has 6 heteroatoms. The number of likely N-dealkylation sites (N-methyl/N-ethyl adjacent to an activating group) is 1. The minimum Gasteiger partial charge on any atom is -0.478 e. The van der Waals surface area contributed by atoms with Crippen LogP contribution in [0.5, 0.6) is 0 Å². The van der Waals surface area contributed by atoms with E-state index in [-0.39, 0.29) is 16.6 Å². The molecule has 2 aromatic rings. The van der Waals surface area contributed by atoms with Crippen molar-refractivity contribution in [2.24, 2.45) is 0 Å². The van der Waals surface area contributed by atoms with Gasteiger partial charge in [-0.25, -0.2) is 9.78 Å². The number of thiophene rings is 1. The second-order valence-corrected chi connectivity index (χ2v) is 6.01. The lowest BCUT2D eigenvalue weighted by atomic mass is 10.1. The fraction of sp³-hybridized carbons (Fsp3) is 0.286. The Morgan fingerprint density at radius 2 is 2.35 bits per heavy atom. The third kappa shape index (κ3) is 3.29. The van der Waals surface area contributed by atoms with Crippen LogP contribution in [0.2, 0.25) is 5.02 Å². The summed E-state index contributed by atoms with van der Waals surface area (Å²) in [6, 6.07) is 5.84. The van der Waals surface area contributed by atoms with E-state index in [1.807, 2.05) is 23.4 Å². The van der Waals surface area contributed by atoms with Crippen molar-refractivity contribution in [3.8, 4) is 0 Å². The molecule has 2 aromatic heterocycles. The minimum absolute atomic E-state index is 0.0758. The van der Waals surface area contributed by atoms with Gasteiger partial charge in [-0.1, -0.05) is 17.7 Å². The number of nitrogens with zero attached hydrogens (tertiary/aromatic N) is 2. The molecule has 1 atom stereocenters. The summed E-state index contributed by atoms with van der Waals surface area (Å²) >= 11 is 7.54. The lowest BCUT2D eigenvalue weighted by molar-refractivity contribution is 0.0697. The lowest BCUT2D eigenvalue weighted by Gasteiger charge is -2.26. The van der Waals surface area contributed by atoms with Gasteiger partial charge in [0.15, 0.2) is 0 Å². The maximum atomic E-state index is 11.1. The summed E-state index contributed by atoms with van der Waals surface area (Å²) < 4.78 is 0. The van der Waals surface area contributed by atoms with Crippen LogP contribution in [0.15, 0.2) is 29.8 Å². The first-order valence-electron chi connectivity index (χ1n) is 6.13. The first kappa shape index (κ1) is 14.8. The summed E-state index contributed by atoms with van der Waals surface area (Å²) in [4.78, 5) is 18.5. The number of rotatable bonds is 5. The van der Waals surface area contributed by atoms with Crippen LogP contribution in [0.4, 0.5) is 5.82 Å². The zero-order valence-electron chi connectivity index (χ0n) is 11.2. The Labute approximate surface area is 126 Å². The number of aromatic nitrogens is 1. The van der Waals surface area contributed by atoms with E-state index in [4.69, 9.17) is 16.7 Å². The number of carboxylic acid groups (broad SMARTS) is 1. The molecule has 0 spiro atoms. The number of anilines is 1. The molecular weight excluding hydrogens is 296 g/mol. The van der Waals surface area contributed by atoms with E-state index < -0.39 is 5.97 Å². The summed E-state index contributed by atoms with van der Waals surface area (Å²) in [6.45, 7) is 2.08. The zero-order chi connectivity index (χ0) is 14.7. The van der Waals surface area contributed by atoms with Gasteiger partial charge in [-0.05, 0) is 24.4 Å². The van der Waals surface area contributed by atoms with E-state index in [0.717, 1.165) is 6.42 Å². The molecule has 4 nitrogen and oxygen atoms in total. The summed E-state index contributed by atoms with van der Waals surface area (Å²) in [6.07, 6.45) is 2.27. The van der Waals surface area contributed by atoms with E-state index in [9.17, 15) is 4.79 Å². The molecular formula is C14H15ClN2O2S. The summed E-state index contributed by atoms with van der Waals surface area (Å²) in [5.74, 6) is -0.436. The quantitative estimate of drug-likeness (QED) is 0.917. The molecule has 0 saturated carbocycles. The Balaban J connectivity index is 2.18. The Morgan fingerprint density at radius 1 is 1.60 bits per heavy atom. The largest absolute Gasteiger partial charge is 0.478 e. The van der Waals surface area contributed by atoms with E-state index in [0.29, 0.717) is 5.82 Å². The highest BCUT2D eigenvalue weighted by Crippen LogP contribution is 2.22. The van der Waals surface area contributed by atoms with Crippen LogP contribution in [0.25, 0.3) is 0 Å². The van der Waals surface area contributed by atoms with Gasteiger partial charge in [-0.3, -0.25) is 0 Å². The van der Waals surface area contributed by atoms with E-state index in [2.05, 4.69) is 18.0 Å². The molecule has 0 saturated heterocycles. The minimum atomic E-state index is -1.04. The SMILES string of the molecule is CC(Cc1cccs1)N(C)c1cc(C(=O)O)c(Cl)cn1. The molecule has 0 aliphatic rings. The topological polar surface area (TPSA) is 53.4 Å². The van der Waals surface area contributed by atoms with Crippen LogP contribution >= 0.6 is 22.9 Å². The third-order valence-electron chi connectivity index (χ3n) is 3.17. The van der Waals surface area contributed by atoms with Crippen LogP contribution in [-0.4, -0.2) is 29.1 Å². The van der Waals surface area contributed by atoms with Gasteiger partial charge >= 0.3 is 5.97 Å². The van der Waals surface area contributed by atoms with Gasteiger partial charge in [-0.2, -0.15) is 0 Å². The molecule has 0 radical (unpaired) electrons. The average Bonchev–Trinajstić information content (AvgIpc) is 2.91. The predicted octanol–water partition coefficient (Wildman–Crippen LogP) is 3.56. The molecule has 20 heavy (non-hydrogen) atoms. The molecule has 1 unspecified atom stereocenters. The molecule has 0 fully saturated rings.